The highest BCUT2D eigenvalue weighted by Gasteiger charge is 2.24. The first-order valence-corrected chi connectivity index (χ1v) is 20.3. The third kappa shape index (κ3) is 5.21. The van der Waals surface area contributed by atoms with E-state index in [1.807, 2.05) is 47.7 Å². The van der Waals surface area contributed by atoms with Gasteiger partial charge in [0.2, 0.25) is 0 Å². The lowest BCUT2D eigenvalue weighted by Crippen LogP contribution is -2.33. The standard InChI is InChI=1S/C51H34N4OS/c1-3-12-31(13-4-1)49-52-50(32-14-5-2-6-15-32)54-51(53-49)41-19-11-18-40-39-25-22-34(29-47(39)57-48(40)41)33-23-27-45-42(28-33)38-26-24-35(30-46(38)56-45)55-43-20-9-7-16-36(43)37-17-8-10-21-44(37)55/h1-7,9-16,18-30,51H,8,17H2,(H,52,53,54). The van der Waals surface area contributed by atoms with Crippen LogP contribution >= 0.6 is 11.3 Å². The number of para-hydroxylation sites is 1. The number of furan rings is 1. The van der Waals surface area contributed by atoms with Gasteiger partial charge in [0.25, 0.3) is 0 Å². The monoisotopic (exact) mass is 750 g/mol. The van der Waals surface area contributed by atoms with Gasteiger partial charge in [-0.1, -0.05) is 121 Å². The number of aromatic nitrogens is 1. The van der Waals surface area contributed by atoms with Crippen molar-refractivity contribution in [3.05, 3.63) is 192 Å². The Morgan fingerprint density at radius 2 is 1.39 bits per heavy atom. The van der Waals surface area contributed by atoms with Gasteiger partial charge in [-0.3, -0.25) is 0 Å². The highest BCUT2D eigenvalue weighted by molar-refractivity contribution is 7.26. The summed E-state index contributed by atoms with van der Waals surface area (Å²) in [6, 6.07) is 56.0. The molecule has 270 valence electrons. The normalized spacial score (nSPS) is 15.3. The van der Waals surface area contributed by atoms with Crippen molar-refractivity contribution in [3.63, 3.8) is 0 Å². The minimum absolute atomic E-state index is 0.292. The van der Waals surface area contributed by atoms with E-state index in [1.165, 1.54) is 53.5 Å². The van der Waals surface area contributed by atoms with Crippen LogP contribution in [-0.4, -0.2) is 16.2 Å². The average Bonchev–Trinajstić information content (AvgIpc) is 3.95. The van der Waals surface area contributed by atoms with Crippen molar-refractivity contribution < 1.29 is 4.42 Å². The van der Waals surface area contributed by atoms with Crippen LogP contribution in [0.5, 0.6) is 0 Å². The summed E-state index contributed by atoms with van der Waals surface area (Å²) in [7, 11) is 0. The Morgan fingerprint density at radius 3 is 2.28 bits per heavy atom. The van der Waals surface area contributed by atoms with Crippen molar-refractivity contribution in [3.8, 4) is 16.8 Å². The molecular formula is C51H34N4OS. The number of benzene rings is 7. The lowest BCUT2D eigenvalue weighted by Gasteiger charge is -2.24. The molecule has 0 fully saturated rings. The summed E-state index contributed by atoms with van der Waals surface area (Å²) in [4.78, 5) is 10.2. The summed E-state index contributed by atoms with van der Waals surface area (Å²) in [5.41, 5.74) is 12.4. The molecule has 7 aromatic carbocycles. The predicted octanol–water partition coefficient (Wildman–Crippen LogP) is 13.0. The van der Waals surface area contributed by atoms with E-state index in [-0.39, 0.29) is 6.17 Å². The van der Waals surface area contributed by atoms with E-state index in [1.54, 1.807) is 0 Å². The molecule has 1 aliphatic heterocycles. The lowest BCUT2D eigenvalue weighted by molar-refractivity contribution is 0.668. The maximum Gasteiger partial charge on any atom is 0.159 e. The van der Waals surface area contributed by atoms with E-state index in [0.29, 0.717) is 0 Å². The van der Waals surface area contributed by atoms with Gasteiger partial charge in [0.15, 0.2) is 5.84 Å². The first kappa shape index (κ1) is 32.2. The molecule has 10 aromatic rings. The van der Waals surface area contributed by atoms with Crippen LogP contribution in [0, 0.1) is 0 Å². The summed E-state index contributed by atoms with van der Waals surface area (Å²) >= 11 is 1.83. The van der Waals surface area contributed by atoms with Crippen molar-refractivity contribution in [2.24, 2.45) is 9.98 Å². The van der Waals surface area contributed by atoms with Crippen LogP contribution in [0.2, 0.25) is 0 Å². The summed E-state index contributed by atoms with van der Waals surface area (Å²) in [5.74, 6) is 1.55. The molecule has 1 N–H and O–H groups in total. The second-order valence-corrected chi connectivity index (χ2v) is 15.9. The minimum atomic E-state index is -0.292. The number of nitrogens with zero attached hydrogens (tertiary/aromatic N) is 3. The van der Waals surface area contributed by atoms with Crippen molar-refractivity contribution in [1.29, 1.82) is 0 Å². The fourth-order valence-corrected chi connectivity index (χ4v) is 10.1. The Bertz CT molecular complexity index is 3330. The van der Waals surface area contributed by atoms with Crippen LogP contribution in [0.4, 0.5) is 0 Å². The van der Waals surface area contributed by atoms with Gasteiger partial charge in [-0.2, -0.15) is 0 Å². The zero-order chi connectivity index (χ0) is 37.5. The first-order valence-electron chi connectivity index (χ1n) is 19.5. The smallest absolute Gasteiger partial charge is 0.159 e. The fraction of sp³-hybridized carbons (Fsp3) is 0.0588. The number of aliphatic imine (C=N–C) groups is 2. The number of nitrogens with one attached hydrogen (secondary N) is 1. The van der Waals surface area contributed by atoms with Crippen LogP contribution in [0.3, 0.4) is 0 Å². The maximum absolute atomic E-state index is 6.54. The first-order chi connectivity index (χ1) is 28.2. The summed E-state index contributed by atoms with van der Waals surface area (Å²) in [5, 5.41) is 9.74. The van der Waals surface area contributed by atoms with Crippen LogP contribution in [0.1, 0.15) is 40.5 Å². The Kier molecular flexibility index (Phi) is 7.22. The van der Waals surface area contributed by atoms with E-state index in [9.17, 15) is 0 Å². The minimum Gasteiger partial charge on any atom is -0.456 e. The molecule has 0 saturated heterocycles. The van der Waals surface area contributed by atoms with Crippen molar-refractivity contribution in [2.45, 2.75) is 19.0 Å². The Morgan fingerprint density at radius 1 is 0.614 bits per heavy atom. The van der Waals surface area contributed by atoms with Gasteiger partial charge in [0.1, 0.15) is 23.2 Å². The largest absolute Gasteiger partial charge is 0.456 e. The Labute approximate surface area is 332 Å². The number of rotatable bonds is 5. The third-order valence-electron chi connectivity index (χ3n) is 11.5. The fourth-order valence-electron chi connectivity index (χ4n) is 8.83. The van der Waals surface area contributed by atoms with Gasteiger partial charge in [-0.25, -0.2) is 9.98 Å². The second kappa shape index (κ2) is 12.8. The maximum atomic E-state index is 6.54. The summed E-state index contributed by atoms with van der Waals surface area (Å²) in [6.45, 7) is 0. The van der Waals surface area contributed by atoms with E-state index in [4.69, 9.17) is 14.4 Å². The van der Waals surface area contributed by atoms with Gasteiger partial charge in [0, 0.05) is 70.5 Å². The lowest BCUT2D eigenvalue weighted by atomic mass is 10.0. The quantitative estimate of drug-likeness (QED) is 0.190. The highest BCUT2D eigenvalue weighted by Crippen LogP contribution is 2.42. The van der Waals surface area contributed by atoms with Gasteiger partial charge in [-0.05, 0) is 72.0 Å². The molecule has 0 amide bonds. The average molecular weight is 751 g/mol. The van der Waals surface area contributed by atoms with Gasteiger partial charge < -0.3 is 14.3 Å². The number of allylic oxidation sites excluding steroid dienone is 1. The van der Waals surface area contributed by atoms with E-state index >= 15 is 0 Å². The highest BCUT2D eigenvalue weighted by atomic mass is 32.1. The van der Waals surface area contributed by atoms with Gasteiger partial charge in [-0.15, -0.1) is 11.3 Å². The number of hydrogen-bond acceptors (Lipinski definition) is 5. The summed E-state index contributed by atoms with van der Waals surface area (Å²) in [6.07, 6.45) is 6.42. The van der Waals surface area contributed by atoms with Crippen molar-refractivity contribution in [2.75, 3.05) is 0 Å². The van der Waals surface area contributed by atoms with E-state index < -0.39 is 0 Å². The van der Waals surface area contributed by atoms with Crippen LogP contribution < -0.4 is 5.32 Å². The van der Waals surface area contributed by atoms with Crippen LogP contribution in [0.15, 0.2) is 178 Å². The molecule has 6 heteroatoms. The van der Waals surface area contributed by atoms with Crippen molar-refractivity contribution in [1.82, 2.24) is 9.88 Å². The molecule has 2 aliphatic rings. The molecule has 12 rings (SSSR count). The topological polar surface area (TPSA) is 54.8 Å². The van der Waals surface area contributed by atoms with Crippen LogP contribution in [-0.2, 0) is 6.42 Å². The molecule has 1 aliphatic carbocycles. The van der Waals surface area contributed by atoms with Gasteiger partial charge >= 0.3 is 0 Å². The molecule has 1 atom stereocenters. The molecule has 5 nitrogen and oxygen atoms in total. The zero-order valence-corrected chi connectivity index (χ0v) is 31.6. The summed E-state index contributed by atoms with van der Waals surface area (Å²) < 4.78 is 11.4. The SMILES string of the molecule is C1=Cc2c(c3ccccc3n2-c2ccc3c(c2)oc2ccc(-c4ccc5c(c4)sc4c(C6N=C(c7ccccc7)N=C(c7ccccc7)N6)cccc45)cc23)CC1. The molecule has 0 radical (unpaired) electrons. The Hall–Kier alpha value is -7.02. The molecule has 57 heavy (non-hydrogen) atoms. The van der Waals surface area contributed by atoms with E-state index in [2.05, 4.69) is 143 Å². The van der Waals surface area contributed by atoms with Crippen molar-refractivity contribution >= 4 is 82.1 Å². The third-order valence-corrected chi connectivity index (χ3v) is 12.8. The second-order valence-electron chi connectivity index (χ2n) is 14.9. The van der Waals surface area contributed by atoms with E-state index in [0.717, 1.165) is 68.8 Å². The number of hydrogen-bond donors (Lipinski definition) is 1. The zero-order valence-electron chi connectivity index (χ0n) is 30.8. The molecule has 4 heterocycles. The molecule has 0 bridgehead atoms. The molecule has 1 unspecified atom stereocenters. The van der Waals surface area contributed by atoms with Gasteiger partial charge in [0.05, 0.1) is 5.52 Å². The van der Waals surface area contributed by atoms with Crippen LogP contribution in [0.25, 0.3) is 75.9 Å². The molecule has 0 saturated carbocycles. The Balaban J connectivity index is 0.926. The number of fused-ring (bicyclic) bond motifs is 9. The number of amidine groups is 2. The molecule has 0 spiro atoms. The number of aryl methyl sites for hydroxylation is 1. The number of thiophene rings is 1. The predicted molar refractivity (Wildman–Crippen MR) is 238 cm³/mol. The molecule has 3 aromatic heterocycles. The molecular weight excluding hydrogens is 717 g/mol.